The average Bonchev–Trinajstić information content (AvgIpc) is 2.69. The number of halogens is 1. The molecule has 0 fully saturated rings. The third-order valence-electron chi connectivity index (χ3n) is 4.14. The van der Waals surface area contributed by atoms with Gasteiger partial charge in [0.25, 0.3) is 11.2 Å². The summed E-state index contributed by atoms with van der Waals surface area (Å²) in [6.45, 7) is 4.45. The molecule has 0 spiro atoms. The zero-order chi connectivity index (χ0) is 21.8. The lowest BCUT2D eigenvalue weighted by molar-refractivity contribution is -0.383. The maximum Gasteiger partial charge on any atom is 0.292 e. The number of fused-ring (bicyclic) bond motifs is 1. The van der Waals surface area contributed by atoms with Crippen LogP contribution < -0.4 is 10.9 Å². The summed E-state index contributed by atoms with van der Waals surface area (Å²) in [4.78, 5) is 40.6. The van der Waals surface area contributed by atoms with Crippen molar-refractivity contribution in [1.82, 2.24) is 9.55 Å². The van der Waals surface area contributed by atoms with Gasteiger partial charge in [0, 0.05) is 17.1 Å². The summed E-state index contributed by atoms with van der Waals surface area (Å²) in [6.07, 6.45) is 0. The molecule has 0 saturated heterocycles. The van der Waals surface area contributed by atoms with Gasteiger partial charge in [0.1, 0.15) is 5.69 Å². The number of aromatic nitrogens is 2. The van der Waals surface area contributed by atoms with E-state index in [0.717, 1.165) is 16.2 Å². The van der Waals surface area contributed by atoms with Crippen LogP contribution in [0, 0.1) is 16.0 Å². The van der Waals surface area contributed by atoms with Crippen LogP contribution in [0.1, 0.15) is 13.8 Å². The SMILES string of the molecule is CC(C)Cn1c(SCC(=O)Nc2ccccc2[N+](=O)[O-])nc2ccc(Br)cc2c1=O. The average molecular weight is 491 g/mol. The maximum absolute atomic E-state index is 13.0. The number of anilines is 1. The predicted molar refractivity (Wildman–Crippen MR) is 121 cm³/mol. The number of carbonyl (C=O) groups is 1. The molecular weight excluding hydrogens is 472 g/mol. The van der Waals surface area contributed by atoms with Crippen LogP contribution in [-0.2, 0) is 11.3 Å². The molecule has 0 bridgehead atoms. The molecule has 0 atom stereocenters. The number of hydrogen-bond donors (Lipinski definition) is 1. The van der Waals surface area contributed by atoms with E-state index >= 15 is 0 Å². The van der Waals surface area contributed by atoms with Gasteiger partial charge in [0.15, 0.2) is 5.16 Å². The maximum atomic E-state index is 13.0. The summed E-state index contributed by atoms with van der Waals surface area (Å²) in [7, 11) is 0. The van der Waals surface area contributed by atoms with E-state index in [9.17, 15) is 19.7 Å². The molecule has 0 radical (unpaired) electrons. The van der Waals surface area contributed by atoms with Crippen molar-refractivity contribution in [2.24, 2.45) is 5.92 Å². The zero-order valence-electron chi connectivity index (χ0n) is 16.3. The largest absolute Gasteiger partial charge is 0.320 e. The van der Waals surface area contributed by atoms with Crippen LogP contribution >= 0.6 is 27.7 Å². The number of nitro benzene ring substituents is 1. The van der Waals surface area contributed by atoms with Gasteiger partial charge in [-0.25, -0.2) is 4.98 Å². The molecule has 0 saturated carbocycles. The van der Waals surface area contributed by atoms with Gasteiger partial charge in [0.05, 0.1) is 21.6 Å². The highest BCUT2D eigenvalue weighted by atomic mass is 79.9. The first-order chi connectivity index (χ1) is 14.3. The lowest BCUT2D eigenvalue weighted by Crippen LogP contribution is -2.26. The predicted octanol–water partition coefficient (Wildman–Crippen LogP) is 4.45. The fourth-order valence-electron chi connectivity index (χ4n) is 2.86. The Hall–Kier alpha value is -2.72. The smallest absolute Gasteiger partial charge is 0.292 e. The number of benzene rings is 2. The number of nitrogens with zero attached hydrogens (tertiary/aromatic N) is 3. The third-order valence-corrected chi connectivity index (χ3v) is 5.61. The number of para-hydroxylation sites is 2. The molecule has 0 aliphatic carbocycles. The molecule has 8 nitrogen and oxygen atoms in total. The van der Waals surface area contributed by atoms with Gasteiger partial charge >= 0.3 is 0 Å². The Morgan fingerprint density at radius 1 is 1.30 bits per heavy atom. The van der Waals surface area contributed by atoms with Crippen molar-refractivity contribution in [2.45, 2.75) is 25.5 Å². The number of carbonyl (C=O) groups excluding carboxylic acids is 1. The molecule has 0 unspecified atom stereocenters. The molecule has 0 aliphatic rings. The molecule has 30 heavy (non-hydrogen) atoms. The van der Waals surface area contributed by atoms with Gasteiger partial charge in [-0.1, -0.05) is 53.7 Å². The first kappa shape index (κ1) is 22.0. The quantitative estimate of drug-likeness (QED) is 0.227. The number of thioether (sulfide) groups is 1. The lowest BCUT2D eigenvalue weighted by atomic mass is 10.2. The standard InChI is InChI=1S/C20H19BrN4O4S/c1-12(2)10-24-19(27)14-9-13(21)7-8-15(14)23-20(24)30-11-18(26)22-16-5-3-4-6-17(16)25(28)29/h3-9,12H,10-11H2,1-2H3,(H,22,26). The summed E-state index contributed by atoms with van der Waals surface area (Å²) < 4.78 is 2.36. The van der Waals surface area contributed by atoms with E-state index in [0.29, 0.717) is 22.6 Å². The minimum atomic E-state index is -0.550. The summed E-state index contributed by atoms with van der Waals surface area (Å²) in [6, 6.07) is 11.2. The number of hydrogen-bond acceptors (Lipinski definition) is 6. The van der Waals surface area contributed by atoms with Gasteiger partial charge < -0.3 is 5.32 Å². The Morgan fingerprint density at radius 2 is 2.03 bits per heavy atom. The Bertz CT molecular complexity index is 1180. The summed E-state index contributed by atoms with van der Waals surface area (Å²) in [5, 5.41) is 14.6. The highest BCUT2D eigenvalue weighted by Gasteiger charge is 2.17. The van der Waals surface area contributed by atoms with E-state index in [1.807, 2.05) is 13.8 Å². The molecule has 1 aromatic heterocycles. The topological polar surface area (TPSA) is 107 Å². The van der Waals surface area contributed by atoms with E-state index in [4.69, 9.17) is 0 Å². The first-order valence-electron chi connectivity index (χ1n) is 9.12. The number of nitro groups is 1. The molecule has 3 aromatic rings. The van der Waals surface area contributed by atoms with Crippen molar-refractivity contribution in [3.05, 3.63) is 67.4 Å². The van der Waals surface area contributed by atoms with Crippen molar-refractivity contribution in [1.29, 1.82) is 0 Å². The van der Waals surface area contributed by atoms with Crippen LogP contribution in [0.5, 0.6) is 0 Å². The Kier molecular flexibility index (Phi) is 6.88. The van der Waals surface area contributed by atoms with Gasteiger partial charge in [-0.15, -0.1) is 0 Å². The second kappa shape index (κ2) is 9.40. The molecule has 1 N–H and O–H groups in total. The minimum Gasteiger partial charge on any atom is -0.320 e. The number of nitrogens with one attached hydrogen (secondary N) is 1. The van der Waals surface area contributed by atoms with E-state index in [1.165, 1.54) is 18.2 Å². The molecule has 156 valence electrons. The molecule has 2 aromatic carbocycles. The molecule has 0 aliphatic heterocycles. The van der Waals surface area contributed by atoms with E-state index in [1.54, 1.807) is 28.8 Å². The fraction of sp³-hybridized carbons (Fsp3) is 0.250. The van der Waals surface area contributed by atoms with Gasteiger partial charge in [-0.2, -0.15) is 0 Å². The zero-order valence-corrected chi connectivity index (χ0v) is 18.7. The number of amides is 1. The normalized spacial score (nSPS) is 11.1. The number of rotatable bonds is 7. The van der Waals surface area contributed by atoms with Crippen LogP contribution in [0.25, 0.3) is 10.9 Å². The van der Waals surface area contributed by atoms with Gasteiger partial charge in [-0.05, 0) is 30.2 Å². The van der Waals surface area contributed by atoms with Crippen molar-refractivity contribution in [3.63, 3.8) is 0 Å². The van der Waals surface area contributed by atoms with Gasteiger partial charge in [-0.3, -0.25) is 24.3 Å². The van der Waals surface area contributed by atoms with Crippen molar-refractivity contribution in [3.8, 4) is 0 Å². The summed E-state index contributed by atoms with van der Waals surface area (Å²) >= 11 is 4.50. The van der Waals surface area contributed by atoms with Crippen molar-refractivity contribution >= 4 is 55.9 Å². The molecule has 1 heterocycles. The van der Waals surface area contributed by atoms with E-state index in [-0.39, 0.29) is 28.6 Å². The Balaban J connectivity index is 1.86. The highest BCUT2D eigenvalue weighted by Crippen LogP contribution is 2.25. The van der Waals surface area contributed by atoms with Gasteiger partial charge in [0.2, 0.25) is 5.91 Å². The fourth-order valence-corrected chi connectivity index (χ4v) is 4.03. The Labute approximate surface area is 185 Å². The lowest BCUT2D eigenvalue weighted by Gasteiger charge is -2.15. The highest BCUT2D eigenvalue weighted by molar-refractivity contribution is 9.10. The van der Waals surface area contributed by atoms with Crippen LogP contribution in [0.4, 0.5) is 11.4 Å². The van der Waals surface area contributed by atoms with Crippen molar-refractivity contribution < 1.29 is 9.72 Å². The van der Waals surface area contributed by atoms with E-state index in [2.05, 4.69) is 26.2 Å². The van der Waals surface area contributed by atoms with Crippen LogP contribution in [0.15, 0.2) is 56.9 Å². The van der Waals surface area contributed by atoms with Crippen molar-refractivity contribution in [2.75, 3.05) is 11.1 Å². The molecule has 1 amide bonds. The third kappa shape index (κ3) is 5.06. The minimum absolute atomic E-state index is 0.0430. The molecule has 3 rings (SSSR count). The Morgan fingerprint density at radius 3 is 2.73 bits per heavy atom. The van der Waals surface area contributed by atoms with Crippen LogP contribution in [-0.4, -0.2) is 26.1 Å². The van der Waals surface area contributed by atoms with E-state index < -0.39 is 10.8 Å². The molecular formula is C20H19BrN4O4S. The monoisotopic (exact) mass is 490 g/mol. The molecule has 10 heteroatoms. The van der Waals surface area contributed by atoms with Crippen LogP contribution in [0.3, 0.4) is 0 Å². The first-order valence-corrected chi connectivity index (χ1v) is 10.9. The second-order valence-corrected chi connectivity index (χ2v) is 8.83. The summed E-state index contributed by atoms with van der Waals surface area (Å²) in [5.41, 5.74) is 0.326. The second-order valence-electron chi connectivity index (χ2n) is 6.98. The van der Waals surface area contributed by atoms with Crippen LogP contribution in [0.2, 0.25) is 0 Å². The summed E-state index contributed by atoms with van der Waals surface area (Å²) in [5.74, 6) is -0.261.